The van der Waals surface area contributed by atoms with E-state index in [1.54, 1.807) is 0 Å². The minimum absolute atomic E-state index is 0.0308. The molecule has 2 fully saturated rings. The number of rotatable bonds is 5. The summed E-state index contributed by atoms with van der Waals surface area (Å²) in [5.74, 6) is -0.809. The van der Waals surface area contributed by atoms with Crippen LogP contribution in [0.3, 0.4) is 0 Å². The molecule has 142 valence electrons. The summed E-state index contributed by atoms with van der Waals surface area (Å²) in [6, 6.07) is 4.81. The van der Waals surface area contributed by atoms with Crippen LogP contribution >= 0.6 is 0 Å². The fourth-order valence-electron chi connectivity index (χ4n) is 3.36. The number of likely N-dealkylation sites (tertiary alicyclic amines) is 1. The van der Waals surface area contributed by atoms with E-state index < -0.39 is 27.3 Å². The Morgan fingerprint density at radius 3 is 2.31 bits per heavy atom. The summed E-state index contributed by atoms with van der Waals surface area (Å²) in [6.45, 7) is 1.68. The first-order valence-electron chi connectivity index (χ1n) is 8.45. The zero-order valence-corrected chi connectivity index (χ0v) is 15.3. The molecular weight excluding hydrogens is 363 g/mol. The highest BCUT2D eigenvalue weighted by molar-refractivity contribution is 7.91. The zero-order chi connectivity index (χ0) is 18.9. The number of carbonyl (C=O) groups excluding carboxylic acids is 2. The standard InChI is InChI=1S/C17H21FN2O5S/c1-19-15(21)17(25-16(19)22)7-10-20(11-8-17)9-2-12-26(23,24)14-5-3-13(18)4-6-14/h3-6H,2,7-12H2,1H3. The van der Waals surface area contributed by atoms with Crippen LogP contribution in [0, 0.1) is 5.82 Å². The number of ether oxygens (including phenoxy) is 1. The number of piperidine rings is 1. The lowest BCUT2D eigenvalue weighted by Gasteiger charge is -2.35. The molecule has 9 heteroatoms. The molecule has 2 amide bonds. The van der Waals surface area contributed by atoms with Gasteiger partial charge in [0, 0.05) is 33.0 Å². The van der Waals surface area contributed by atoms with Crippen LogP contribution in [0.5, 0.6) is 0 Å². The van der Waals surface area contributed by atoms with E-state index in [2.05, 4.69) is 4.90 Å². The van der Waals surface area contributed by atoms with Gasteiger partial charge in [-0.1, -0.05) is 0 Å². The van der Waals surface area contributed by atoms with Crippen molar-refractivity contribution in [1.82, 2.24) is 9.80 Å². The van der Waals surface area contributed by atoms with Crippen LogP contribution in [0.1, 0.15) is 19.3 Å². The molecule has 1 aromatic rings. The molecule has 0 N–H and O–H groups in total. The summed E-state index contributed by atoms with van der Waals surface area (Å²) in [7, 11) is -2.04. The largest absolute Gasteiger partial charge is 0.432 e. The third-order valence-corrected chi connectivity index (χ3v) is 6.79. The van der Waals surface area contributed by atoms with Crippen molar-refractivity contribution in [1.29, 1.82) is 0 Å². The van der Waals surface area contributed by atoms with Crippen LogP contribution in [-0.4, -0.2) is 68.3 Å². The molecule has 1 aromatic carbocycles. The molecule has 0 saturated carbocycles. The Kier molecular flexibility index (Phi) is 5.03. The number of sulfone groups is 1. The van der Waals surface area contributed by atoms with Crippen molar-refractivity contribution in [2.75, 3.05) is 32.4 Å². The maximum absolute atomic E-state index is 12.9. The first-order valence-corrected chi connectivity index (χ1v) is 10.1. The van der Waals surface area contributed by atoms with Gasteiger partial charge in [-0.3, -0.25) is 4.79 Å². The van der Waals surface area contributed by atoms with Gasteiger partial charge in [0.1, 0.15) is 5.82 Å². The van der Waals surface area contributed by atoms with Crippen LogP contribution in [0.25, 0.3) is 0 Å². The summed E-state index contributed by atoms with van der Waals surface area (Å²) in [5, 5.41) is 0. The first kappa shape index (κ1) is 18.8. The normalized spacial score (nSPS) is 20.6. The molecule has 0 bridgehead atoms. The summed E-state index contributed by atoms with van der Waals surface area (Å²) in [4.78, 5) is 26.9. The number of hydrogen-bond donors (Lipinski definition) is 0. The maximum atomic E-state index is 12.9. The molecule has 7 nitrogen and oxygen atoms in total. The van der Waals surface area contributed by atoms with Crippen LogP contribution in [-0.2, 0) is 19.4 Å². The molecule has 0 atom stereocenters. The van der Waals surface area contributed by atoms with Gasteiger partial charge in [-0.15, -0.1) is 0 Å². The summed E-state index contributed by atoms with van der Waals surface area (Å²) < 4.78 is 42.7. The Balaban J connectivity index is 1.49. The molecule has 26 heavy (non-hydrogen) atoms. The van der Waals surface area contributed by atoms with Crippen molar-refractivity contribution in [2.45, 2.75) is 29.8 Å². The highest BCUT2D eigenvalue weighted by atomic mass is 32.2. The van der Waals surface area contributed by atoms with Crippen molar-refractivity contribution < 1.29 is 27.1 Å². The minimum Gasteiger partial charge on any atom is -0.432 e. The average Bonchev–Trinajstić information content (AvgIpc) is 2.81. The van der Waals surface area contributed by atoms with Crippen LogP contribution < -0.4 is 0 Å². The first-order chi connectivity index (χ1) is 12.2. The fraction of sp³-hybridized carbons (Fsp3) is 0.529. The number of benzene rings is 1. The lowest BCUT2D eigenvalue weighted by Crippen LogP contribution is -2.49. The molecule has 2 saturated heterocycles. The predicted molar refractivity (Wildman–Crippen MR) is 90.7 cm³/mol. The van der Waals surface area contributed by atoms with E-state index in [-0.39, 0.29) is 16.6 Å². The van der Waals surface area contributed by atoms with E-state index in [0.29, 0.717) is 38.9 Å². The minimum atomic E-state index is -3.45. The molecule has 2 aliphatic heterocycles. The molecule has 0 aliphatic carbocycles. The van der Waals surface area contributed by atoms with Gasteiger partial charge in [0.2, 0.25) is 0 Å². The van der Waals surface area contributed by atoms with Crippen molar-refractivity contribution in [2.24, 2.45) is 0 Å². The second-order valence-electron chi connectivity index (χ2n) is 6.69. The second kappa shape index (κ2) is 6.96. The average molecular weight is 384 g/mol. The summed E-state index contributed by atoms with van der Waals surface area (Å²) >= 11 is 0. The van der Waals surface area contributed by atoms with E-state index in [1.807, 2.05) is 0 Å². The third-order valence-electron chi connectivity index (χ3n) is 4.97. The lowest BCUT2D eigenvalue weighted by atomic mass is 9.90. The lowest BCUT2D eigenvalue weighted by molar-refractivity contribution is -0.139. The van der Waals surface area contributed by atoms with Gasteiger partial charge in [-0.05, 0) is 37.2 Å². The van der Waals surface area contributed by atoms with Gasteiger partial charge in [-0.25, -0.2) is 22.5 Å². The molecular formula is C17H21FN2O5S. The Hall–Kier alpha value is -2.00. The number of carbonyl (C=O) groups is 2. The number of nitrogens with zero attached hydrogens (tertiary/aromatic N) is 2. The Morgan fingerprint density at radius 2 is 1.77 bits per heavy atom. The number of halogens is 1. The maximum Gasteiger partial charge on any atom is 0.417 e. The summed E-state index contributed by atoms with van der Waals surface area (Å²) in [5.41, 5.74) is -1.05. The highest BCUT2D eigenvalue weighted by Crippen LogP contribution is 2.33. The van der Waals surface area contributed by atoms with Crippen molar-refractivity contribution >= 4 is 21.8 Å². The second-order valence-corrected chi connectivity index (χ2v) is 8.80. The third kappa shape index (κ3) is 3.59. The smallest absolute Gasteiger partial charge is 0.417 e. The zero-order valence-electron chi connectivity index (χ0n) is 14.5. The van der Waals surface area contributed by atoms with Gasteiger partial charge in [0.25, 0.3) is 5.91 Å². The molecule has 0 unspecified atom stereocenters. The fourth-order valence-corrected chi connectivity index (χ4v) is 4.66. The van der Waals surface area contributed by atoms with Crippen molar-refractivity contribution in [3.05, 3.63) is 30.1 Å². The molecule has 1 spiro atoms. The highest BCUT2D eigenvalue weighted by Gasteiger charge is 2.53. The Labute approximate surface area is 151 Å². The van der Waals surface area contributed by atoms with Crippen molar-refractivity contribution in [3.63, 3.8) is 0 Å². The number of hydrogen-bond acceptors (Lipinski definition) is 6. The number of amides is 2. The molecule has 0 aromatic heterocycles. The van der Waals surface area contributed by atoms with E-state index >= 15 is 0 Å². The topological polar surface area (TPSA) is 84.0 Å². The van der Waals surface area contributed by atoms with E-state index in [1.165, 1.54) is 19.2 Å². The van der Waals surface area contributed by atoms with Gasteiger partial charge in [-0.2, -0.15) is 0 Å². The SMILES string of the molecule is CN1C(=O)OC2(CCN(CCCS(=O)(=O)c3ccc(F)cc3)CC2)C1=O. The van der Waals surface area contributed by atoms with E-state index in [4.69, 9.17) is 4.74 Å². The van der Waals surface area contributed by atoms with E-state index in [0.717, 1.165) is 17.0 Å². The summed E-state index contributed by atoms with van der Waals surface area (Å²) in [6.07, 6.45) is 0.633. The molecule has 3 rings (SSSR count). The van der Waals surface area contributed by atoms with Crippen LogP contribution in [0.4, 0.5) is 9.18 Å². The van der Waals surface area contributed by atoms with Gasteiger partial charge >= 0.3 is 6.09 Å². The quantitative estimate of drug-likeness (QED) is 0.714. The van der Waals surface area contributed by atoms with Crippen LogP contribution in [0.15, 0.2) is 29.2 Å². The van der Waals surface area contributed by atoms with Crippen LogP contribution in [0.2, 0.25) is 0 Å². The molecule has 2 heterocycles. The van der Waals surface area contributed by atoms with Crippen molar-refractivity contribution in [3.8, 4) is 0 Å². The van der Waals surface area contributed by atoms with E-state index in [9.17, 15) is 22.4 Å². The predicted octanol–water partition coefficient (Wildman–Crippen LogP) is 1.43. The van der Waals surface area contributed by atoms with Gasteiger partial charge < -0.3 is 9.64 Å². The molecule has 0 radical (unpaired) electrons. The monoisotopic (exact) mass is 384 g/mol. The van der Waals surface area contributed by atoms with Gasteiger partial charge in [0.05, 0.1) is 10.6 Å². The Bertz CT molecular complexity index is 801. The molecule has 2 aliphatic rings. The Morgan fingerprint density at radius 1 is 1.15 bits per heavy atom. The number of likely N-dealkylation sites (N-methyl/N-ethyl adjacent to an activating group) is 1. The van der Waals surface area contributed by atoms with Gasteiger partial charge in [0.15, 0.2) is 15.4 Å². The number of imide groups is 1.